The molecule has 0 saturated carbocycles. The van der Waals surface area contributed by atoms with E-state index < -0.39 is 0 Å². The first kappa shape index (κ1) is 10.3. The van der Waals surface area contributed by atoms with Gasteiger partial charge in [-0.1, -0.05) is 0 Å². The second-order valence-electron chi connectivity index (χ2n) is 3.34. The summed E-state index contributed by atoms with van der Waals surface area (Å²) in [5.74, 6) is 0.234. The topological polar surface area (TPSA) is 49.8 Å². The van der Waals surface area contributed by atoms with Gasteiger partial charge in [0.15, 0.2) is 0 Å². The average Bonchev–Trinajstić information content (AvgIpc) is 2.18. The number of piperidine rings is 1. The number of aliphatic hydroxyl groups is 1. The van der Waals surface area contributed by atoms with Crippen molar-refractivity contribution in [3.8, 4) is 0 Å². The first-order valence-corrected chi connectivity index (χ1v) is 4.80. The number of hydrogen-bond donors (Lipinski definition) is 1. The number of nitrogens with zero attached hydrogens (tertiary/aromatic N) is 1. The summed E-state index contributed by atoms with van der Waals surface area (Å²) in [6, 6.07) is 0. The molecule has 0 aliphatic carbocycles. The molecular weight excluding hydrogens is 170 g/mol. The summed E-state index contributed by atoms with van der Waals surface area (Å²) in [6.45, 7) is 3.77. The van der Waals surface area contributed by atoms with Gasteiger partial charge in [-0.2, -0.15) is 0 Å². The van der Waals surface area contributed by atoms with Crippen molar-refractivity contribution in [2.75, 3.05) is 26.3 Å². The van der Waals surface area contributed by atoms with Crippen LogP contribution in [0.5, 0.6) is 0 Å². The molecule has 4 heteroatoms. The zero-order valence-corrected chi connectivity index (χ0v) is 8.03. The fourth-order valence-electron chi connectivity index (χ4n) is 1.59. The highest BCUT2D eigenvalue weighted by molar-refractivity contribution is 5.67. The van der Waals surface area contributed by atoms with Gasteiger partial charge in [0, 0.05) is 19.7 Å². The van der Waals surface area contributed by atoms with Crippen LogP contribution in [0.3, 0.4) is 0 Å². The largest absolute Gasteiger partial charge is 0.450 e. The maximum Gasteiger partial charge on any atom is 0.409 e. The van der Waals surface area contributed by atoms with Crippen molar-refractivity contribution in [3.05, 3.63) is 0 Å². The number of carbonyl (C=O) groups excluding carboxylic acids is 1. The van der Waals surface area contributed by atoms with Gasteiger partial charge < -0.3 is 14.7 Å². The predicted molar refractivity (Wildman–Crippen MR) is 48.4 cm³/mol. The highest BCUT2D eigenvalue weighted by Gasteiger charge is 2.23. The molecular formula is C9H17NO3. The second-order valence-corrected chi connectivity index (χ2v) is 3.34. The van der Waals surface area contributed by atoms with Crippen molar-refractivity contribution in [2.24, 2.45) is 5.92 Å². The summed E-state index contributed by atoms with van der Waals surface area (Å²) in [7, 11) is 0. The van der Waals surface area contributed by atoms with Crippen LogP contribution in [0, 0.1) is 5.92 Å². The number of likely N-dealkylation sites (tertiary alicyclic amines) is 1. The van der Waals surface area contributed by atoms with Crippen LogP contribution in [-0.4, -0.2) is 42.4 Å². The van der Waals surface area contributed by atoms with Crippen LogP contribution in [0.25, 0.3) is 0 Å². The molecule has 1 amide bonds. The molecule has 0 spiro atoms. The number of amides is 1. The number of hydrogen-bond acceptors (Lipinski definition) is 3. The van der Waals surface area contributed by atoms with Crippen LogP contribution in [0.4, 0.5) is 4.79 Å². The Labute approximate surface area is 78.5 Å². The molecule has 76 valence electrons. The standard InChI is InChI=1S/C9H17NO3/c1-2-13-9(12)10-5-3-4-8(6-10)7-11/h8,11H,2-7H2,1H3/t8-/m0/s1. The van der Waals surface area contributed by atoms with E-state index in [1.807, 2.05) is 0 Å². The lowest BCUT2D eigenvalue weighted by Gasteiger charge is -2.30. The lowest BCUT2D eigenvalue weighted by Crippen LogP contribution is -2.41. The van der Waals surface area contributed by atoms with Gasteiger partial charge >= 0.3 is 6.09 Å². The molecule has 4 nitrogen and oxygen atoms in total. The molecule has 1 saturated heterocycles. The molecule has 1 N–H and O–H groups in total. The SMILES string of the molecule is CCOC(=O)N1CCC[C@H](CO)C1. The van der Waals surface area contributed by atoms with Crippen molar-refractivity contribution in [1.29, 1.82) is 0 Å². The molecule has 1 rings (SSSR count). The summed E-state index contributed by atoms with van der Waals surface area (Å²) >= 11 is 0. The molecule has 0 unspecified atom stereocenters. The van der Waals surface area contributed by atoms with E-state index in [0.717, 1.165) is 19.4 Å². The Hall–Kier alpha value is -0.770. The van der Waals surface area contributed by atoms with Crippen molar-refractivity contribution in [3.63, 3.8) is 0 Å². The highest BCUT2D eigenvalue weighted by atomic mass is 16.6. The zero-order chi connectivity index (χ0) is 9.68. The lowest BCUT2D eigenvalue weighted by atomic mass is 10.00. The Morgan fingerprint density at radius 3 is 3.08 bits per heavy atom. The Bertz CT molecular complexity index is 172. The predicted octanol–water partition coefficient (Wildman–Crippen LogP) is 0.847. The van der Waals surface area contributed by atoms with Gasteiger partial charge in [0.1, 0.15) is 0 Å². The molecule has 1 aliphatic rings. The molecule has 13 heavy (non-hydrogen) atoms. The van der Waals surface area contributed by atoms with E-state index >= 15 is 0 Å². The van der Waals surface area contributed by atoms with E-state index in [0.29, 0.717) is 13.2 Å². The fourth-order valence-corrected chi connectivity index (χ4v) is 1.59. The summed E-state index contributed by atoms with van der Waals surface area (Å²) in [5.41, 5.74) is 0. The quantitative estimate of drug-likeness (QED) is 0.697. The van der Waals surface area contributed by atoms with Crippen LogP contribution in [-0.2, 0) is 4.74 Å². The van der Waals surface area contributed by atoms with Crippen molar-refractivity contribution in [2.45, 2.75) is 19.8 Å². The van der Waals surface area contributed by atoms with Gasteiger partial charge in [-0.05, 0) is 25.7 Å². The van der Waals surface area contributed by atoms with Gasteiger partial charge in [-0.3, -0.25) is 0 Å². The van der Waals surface area contributed by atoms with Crippen molar-refractivity contribution < 1.29 is 14.6 Å². The first-order chi connectivity index (χ1) is 6.27. The van der Waals surface area contributed by atoms with E-state index in [-0.39, 0.29) is 18.6 Å². The van der Waals surface area contributed by atoms with Crippen molar-refractivity contribution in [1.82, 2.24) is 4.90 Å². The Morgan fingerprint density at radius 2 is 2.46 bits per heavy atom. The van der Waals surface area contributed by atoms with Gasteiger partial charge in [-0.25, -0.2) is 4.79 Å². The molecule has 1 heterocycles. The maximum atomic E-state index is 11.3. The normalized spacial score (nSPS) is 22.9. The summed E-state index contributed by atoms with van der Waals surface area (Å²) < 4.78 is 4.88. The third-order valence-electron chi connectivity index (χ3n) is 2.30. The van der Waals surface area contributed by atoms with Crippen LogP contribution in [0.2, 0.25) is 0 Å². The average molecular weight is 187 g/mol. The Balaban J connectivity index is 2.37. The first-order valence-electron chi connectivity index (χ1n) is 4.80. The molecule has 1 aliphatic heterocycles. The minimum Gasteiger partial charge on any atom is -0.450 e. The highest BCUT2D eigenvalue weighted by Crippen LogP contribution is 2.16. The minimum absolute atomic E-state index is 0.163. The molecule has 0 aromatic carbocycles. The van der Waals surface area contributed by atoms with E-state index in [9.17, 15) is 4.79 Å². The second kappa shape index (κ2) is 5.07. The molecule has 1 fully saturated rings. The number of carbonyl (C=O) groups is 1. The summed E-state index contributed by atoms with van der Waals surface area (Å²) in [6.07, 6.45) is 1.72. The molecule has 0 aromatic heterocycles. The third-order valence-corrected chi connectivity index (χ3v) is 2.30. The van der Waals surface area contributed by atoms with Gasteiger partial charge in [0.05, 0.1) is 6.61 Å². The smallest absolute Gasteiger partial charge is 0.409 e. The monoisotopic (exact) mass is 187 g/mol. The van der Waals surface area contributed by atoms with E-state index in [2.05, 4.69) is 0 Å². The van der Waals surface area contributed by atoms with Crippen LogP contribution in [0.15, 0.2) is 0 Å². The van der Waals surface area contributed by atoms with E-state index in [1.54, 1.807) is 11.8 Å². The lowest BCUT2D eigenvalue weighted by molar-refractivity contribution is 0.0762. The summed E-state index contributed by atoms with van der Waals surface area (Å²) in [4.78, 5) is 13.0. The fraction of sp³-hybridized carbons (Fsp3) is 0.889. The van der Waals surface area contributed by atoms with Crippen LogP contribution < -0.4 is 0 Å². The Morgan fingerprint density at radius 1 is 1.69 bits per heavy atom. The van der Waals surface area contributed by atoms with Gasteiger partial charge in [0.25, 0.3) is 0 Å². The van der Waals surface area contributed by atoms with Crippen LogP contribution in [0.1, 0.15) is 19.8 Å². The van der Waals surface area contributed by atoms with Crippen molar-refractivity contribution >= 4 is 6.09 Å². The maximum absolute atomic E-state index is 11.3. The van der Waals surface area contributed by atoms with Crippen LogP contribution >= 0.6 is 0 Å². The van der Waals surface area contributed by atoms with E-state index in [1.165, 1.54) is 0 Å². The minimum atomic E-state index is -0.249. The molecule has 0 radical (unpaired) electrons. The Kier molecular flexibility index (Phi) is 4.02. The third kappa shape index (κ3) is 2.88. The van der Waals surface area contributed by atoms with E-state index in [4.69, 9.17) is 9.84 Å². The number of rotatable bonds is 2. The zero-order valence-electron chi connectivity index (χ0n) is 8.03. The van der Waals surface area contributed by atoms with Gasteiger partial charge in [0.2, 0.25) is 0 Å². The molecule has 0 aromatic rings. The van der Waals surface area contributed by atoms with Gasteiger partial charge in [-0.15, -0.1) is 0 Å². The number of aliphatic hydroxyl groups excluding tert-OH is 1. The molecule has 0 bridgehead atoms. The number of ether oxygens (including phenoxy) is 1. The summed E-state index contributed by atoms with van der Waals surface area (Å²) in [5, 5.41) is 8.94. The molecule has 1 atom stereocenters.